The van der Waals surface area contributed by atoms with Crippen molar-refractivity contribution in [2.75, 3.05) is 6.61 Å². The zero-order valence-corrected chi connectivity index (χ0v) is 29.5. The maximum Gasteiger partial charge on any atom is 0.434 e. The highest BCUT2D eigenvalue weighted by molar-refractivity contribution is 14.1. The number of amides is 4. The van der Waals surface area contributed by atoms with Crippen LogP contribution in [0.15, 0.2) is 53.7 Å². The Balaban J connectivity index is 1.62. The molecule has 1 aliphatic heterocycles. The predicted octanol–water partition coefficient (Wildman–Crippen LogP) is 6.03. The Morgan fingerprint density at radius 1 is 1.22 bits per heavy atom. The van der Waals surface area contributed by atoms with Crippen LogP contribution < -0.4 is 16.4 Å². The molecule has 1 saturated heterocycles. The topological polar surface area (TPSA) is 181 Å². The number of nitrogens with one attached hydrogen (secondary N) is 2. The Morgan fingerprint density at radius 2 is 1.90 bits per heavy atom. The van der Waals surface area contributed by atoms with E-state index in [1.165, 1.54) is 24.4 Å². The number of rotatable bonds is 10. The number of benzene rings is 2. The molecule has 2 atom stereocenters. The number of ether oxygens (including phenoxy) is 1. The lowest BCUT2D eigenvalue weighted by Crippen LogP contribution is -2.47. The van der Waals surface area contributed by atoms with Gasteiger partial charge in [-0.25, -0.2) is 14.3 Å². The Hall–Kier alpha value is -4.32. The van der Waals surface area contributed by atoms with Crippen molar-refractivity contribution in [2.45, 2.75) is 64.2 Å². The fourth-order valence-corrected chi connectivity index (χ4v) is 6.64. The van der Waals surface area contributed by atoms with Crippen molar-refractivity contribution in [3.05, 3.63) is 74.1 Å². The number of hydrogen-bond donors (Lipinski definition) is 4. The Kier molecular flexibility index (Phi) is 10.2. The standard InChI is InChI=1S/C32H33ClF2IN7O6/c1-31(2,3)15-32(18-7-4-16(5-8-18)21-13-42(27(34)35)41-24(21)36)26(45)43(28(40-32)39-29(46)47)23(14-49-30(48)38-19-9-10-19)17-6-11-22(33)20(12-17)25(37)44/h4-8,11-13,19,23,27H,9-10,14-15H2,1-3H3,(H2,37,44)(H,38,48)(H,39,40)(H,46,47)/t23-,32?/m1/s1. The molecule has 5 N–H and O–H groups in total. The Morgan fingerprint density at radius 3 is 2.45 bits per heavy atom. The molecule has 0 radical (unpaired) electrons. The van der Waals surface area contributed by atoms with Crippen molar-refractivity contribution in [2.24, 2.45) is 16.1 Å². The molecule has 13 nitrogen and oxygen atoms in total. The van der Waals surface area contributed by atoms with Crippen LogP contribution in [0.5, 0.6) is 0 Å². The molecule has 2 aliphatic rings. The summed E-state index contributed by atoms with van der Waals surface area (Å²) >= 11 is 8.08. The minimum atomic E-state index is -2.83. The van der Waals surface area contributed by atoms with Crippen molar-refractivity contribution in [3.8, 4) is 11.1 Å². The van der Waals surface area contributed by atoms with E-state index in [0.717, 1.165) is 17.7 Å². The molecule has 2 aromatic carbocycles. The number of guanidine groups is 1. The molecule has 1 saturated carbocycles. The Bertz CT molecular complexity index is 1830. The number of carbonyl (C=O) groups is 4. The average molecular weight is 812 g/mol. The summed E-state index contributed by atoms with van der Waals surface area (Å²) in [6.45, 7) is 2.41. The van der Waals surface area contributed by atoms with Crippen molar-refractivity contribution >= 4 is 64.2 Å². The van der Waals surface area contributed by atoms with Gasteiger partial charge < -0.3 is 26.2 Å². The molecule has 49 heavy (non-hydrogen) atoms. The van der Waals surface area contributed by atoms with Crippen LogP contribution in [0.3, 0.4) is 0 Å². The highest BCUT2D eigenvalue weighted by Gasteiger charge is 2.55. The van der Waals surface area contributed by atoms with Gasteiger partial charge in [0.05, 0.1) is 16.6 Å². The van der Waals surface area contributed by atoms with E-state index in [0.29, 0.717) is 25.1 Å². The maximum atomic E-state index is 14.9. The minimum Gasteiger partial charge on any atom is -0.463 e. The van der Waals surface area contributed by atoms with E-state index in [1.54, 1.807) is 24.3 Å². The van der Waals surface area contributed by atoms with E-state index in [9.17, 15) is 33.1 Å². The number of alkyl carbamates (subject to hydrolysis) is 1. The summed E-state index contributed by atoms with van der Waals surface area (Å²) in [6.07, 6.45) is 0.604. The van der Waals surface area contributed by atoms with Gasteiger partial charge in [0.1, 0.15) is 15.8 Å². The van der Waals surface area contributed by atoms with Gasteiger partial charge in [0.15, 0.2) is 0 Å². The molecule has 17 heteroatoms. The largest absolute Gasteiger partial charge is 0.463 e. The first-order valence-electron chi connectivity index (χ1n) is 15.1. The SMILES string of the molecule is CC(C)(C)CC1(c2ccc(-c3cn(C(F)F)nc3I)cc2)NC(=NC(=O)O)N([C@H](COC(=O)NC2CC2)c2ccc(Cl)c(C(N)=O)c2)C1=O. The quantitative estimate of drug-likeness (QED) is 0.179. The molecule has 2 fully saturated rings. The molecule has 5 rings (SSSR count). The first kappa shape index (κ1) is 36.0. The van der Waals surface area contributed by atoms with E-state index in [1.807, 2.05) is 43.4 Å². The minimum absolute atomic E-state index is 0.0300. The summed E-state index contributed by atoms with van der Waals surface area (Å²) in [5, 5.41) is 19.5. The second-order valence-electron chi connectivity index (χ2n) is 13.0. The van der Waals surface area contributed by atoms with Gasteiger partial charge in [-0.1, -0.05) is 62.7 Å². The number of nitrogens with two attached hydrogens (primary N) is 1. The predicted molar refractivity (Wildman–Crippen MR) is 183 cm³/mol. The first-order valence-corrected chi connectivity index (χ1v) is 16.5. The van der Waals surface area contributed by atoms with E-state index >= 15 is 0 Å². The number of aliphatic imine (C=N–C) groups is 1. The highest BCUT2D eigenvalue weighted by atomic mass is 127. The second kappa shape index (κ2) is 13.9. The van der Waals surface area contributed by atoms with Crippen LogP contribution in [-0.2, 0) is 15.1 Å². The van der Waals surface area contributed by atoms with Crippen molar-refractivity contribution in [3.63, 3.8) is 0 Å². The maximum absolute atomic E-state index is 14.9. The summed E-state index contributed by atoms with van der Waals surface area (Å²) in [7, 11) is 0. The highest BCUT2D eigenvalue weighted by Crippen LogP contribution is 2.43. The number of aromatic nitrogens is 2. The molecule has 0 bridgehead atoms. The second-order valence-corrected chi connectivity index (χ2v) is 14.4. The molecular formula is C32H33ClF2IN7O6. The fraction of sp³-hybridized carbons (Fsp3) is 0.375. The molecule has 1 aliphatic carbocycles. The molecule has 3 aromatic rings. The van der Waals surface area contributed by atoms with Crippen LogP contribution in [0.1, 0.15) is 74.1 Å². The van der Waals surface area contributed by atoms with Gasteiger partial charge in [0.25, 0.3) is 5.91 Å². The van der Waals surface area contributed by atoms with Gasteiger partial charge in [0, 0.05) is 17.8 Å². The summed E-state index contributed by atoms with van der Waals surface area (Å²) < 4.78 is 33.1. The fourth-order valence-electron chi connectivity index (χ4n) is 5.73. The molecule has 1 aromatic heterocycles. The van der Waals surface area contributed by atoms with Crippen LogP contribution in [0, 0.1) is 9.12 Å². The van der Waals surface area contributed by atoms with Crippen LogP contribution >= 0.6 is 34.2 Å². The first-order chi connectivity index (χ1) is 23.0. The van der Waals surface area contributed by atoms with E-state index in [4.69, 9.17) is 22.1 Å². The average Bonchev–Trinajstić information content (AvgIpc) is 3.67. The molecule has 4 amide bonds. The summed E-state index contributed by atoms with van der Waals surface area (Å²) in [5.74, 6) is -1.81. The third kappa shape index (κ3) is 7.95. The summed E-state index contributed by atoms with van der Waals surface area (Å²) in [5.41, 5.74) is 5.05. The summed E-state index contributed by atoms with van der Waals surface area (Å²) in [6, 6.07) is 9.63. The monoisotopic (exact) mass is 811 g/mol. The number of carboxylic acid groups (broad SMARTS) is 1. The van der Waals surface area contributed by atoms with Crippen molar-refractivity contribution in [1.29, 1.82) is 0 Å². The summed E-state index contributed by atoms with van der Waals surface area (Å²) in [4.78, 5) is 56.7. The van der Waals surface area contributed by atoms with Gasteiger partial charge in [-0.3, -0.25) is 14.5 Å². The third-order valence-corrected chi connectivity index (χ3v) is 9.06. The normalized spacial score (nSPS) is 19.2. The van der Waals surface area contributed by atoms with Gasteiger partial charge in [-0.05, 0) is 76.1 Å². The van der Waals surface area contributed by atoms with Crippen molar-refractivity contribution < 1.29 is 37.8 Å². The van der Waals surface area contributed by atoms with E-state index in [2.05, 4.69) is 20.7 Å². The molecule has 1 unspecified atom stereocenters. The van der Waals surface area contributed by atoms with Crippen LogP contribution in [0.4, 0.5) is 18.4 Å². The zero-order valence-electron chi connectivity index (χ0n) is 26.5. The number of carbonyl (C=O) groups excluding carboxylic acids is 3. The Labute approximate surface area is 298 Å². The zero-order chi connectivity index (χ0) is 35.8. The number of hydrogen-bond acceptors (Lipinski definition) is 6. The number of nitrogens with zero attached hydrogens (tertiary/aromatic N) is 4. The van der Waals surface area contributed by atoms with Crippen molar-refractivity contribution in [1.82, 2.24) is 25.3 Å². The number of alkyl halides is 2. The molecule has 2 heterocycles. The van der Waals surface area contributed by atoms with Gasteiger partial charge in [-0.15, -0.1) is 4.99 Å². The van der Waals surface area contributed by atoms with Crippen LogP contribution in [-0.4, -0.2) is 62.4 Å². The van der Waals surface area contributed by atoms with Gasteiger partial charge in [0.2, 0.25) is 11.9 Å². The number of primary amides is 1. The van der Waals surface area contributed by atoms with Crippen LogP contribution in [0.2, 0.25) is 5.02 Å². The van der Waals surface area contributed by atoms with Crippen LogP contribution in [0.25, 0.3) is 11.1 Å². The molecule has 260 valence electrons. The lowest BCUT2D eigenvalue weighted by atomic mass is 9.75. The van der Waals surface area contributed by atoms with E-state index < -0.39 is 54.2 Å². The number of halogens is 4. The lowest BCUT2D eigenvalue weighted by Gasteiger charge is -2.35. The van der Waals surface area contributed by atoms with E-state index in [-0.39, 0.29) is 34.6 Å². The van der Waals surface area contributed by atoms with Gasteiger partial charge in [-0.2, -0.15) is 13.9 Å². The smallest absolute Gasteiger partial charge is 0.434 e. The third-order valence-electron chi connectivity index (χ3n) is 7.93. The molecule has 0 spiro atoms. The molecular weight excluding hydrogens is 779 g/mol. The van der Waals surface area contributed by atoms with Gasteiger partial charge >= 0.3 is 18.7 Å². The lowest BCUT2D eigenvalue weighted by molar-refractivity contribution is -0.134.